The lowest BCUT2D eigenvalue weighted by molar-refractivity contribution is 0.169. The summed E-state index contributed by atoms with van der Waals surface area (Å²) in [6.45, 7) is 3.74. The lowest BCUT2D eigenvalue weighted by Crippen LogP contribution is -2.24. The highest BCUT2D eigenvalue weighted by Crippen LogP contribution is 2.35. The predicted molar refractivity (Wildman–Crippen MR) is 81.5 cm³/mol. The van der Waals surface area contributed by atoms with E-state index in [1.165, 1.54) is 10.9 Å². The first-order valence-corrected chi connectivity index (χ1v) is 7.85. The van der Waals surface area contributed by atoms with E-state index in [2.05, 4.69) is 24.4 Å². The van der Waals surface area contributed by atoms with E-state index in [1.807, 2.05) is 6.07 Å². The third-order valence-corrected chi connectivity index (χ3v) is 4.62. The van der Waals surface area contributed by atoms with Gasteiger partial charge in [0, 0.05) is 9.58 Å². The minimum absolute atomic E-state index is 0.0840. The van der Waals surface area contributed by atoms with Crippen molar-refractivity contribution in [3.63, 3.8) is 0 Å². The van der Waals surface area contributed by atoms with E-state index >= 15 is 0 Å². The van der Waals surface area contributed by atoms with Crippen molar-refractivity contribution < 1.29 is 9.13 Å². The highest BCUT2D eigenvalue weighted by molar-refractivity contribution is 7.19. The molecule has 1 atom stereocenters. The van der Waals surface area contributed by atoms with E-state index in [0.29, 0.717) is 0 Å². The van der Waals surface area contributed by atoms with Gasteiger partial charge in [0.25, 0.3) is 0 Å². The molecule has 0 radical (unpaired) electrons. The first-order valence-electron chi connectivity index (χ1n) is 7.03. The van der Waals surface area contributed by atoms with Crippen LogP contribution >= 0.6 is 11.3 Å². The first-order chi connectivity index (χ1) is 9.78. The second-order valence-electron chi connectivity index (χ2n) is 4.92. The van der Waals surface area contributed by atoms with Crippen LogP contribution in [0.15, 0.2) is 36.1 Å². The Bertz CT molecular complexity index is 634. The molecule has 4 heteroatoms. The summed E-state index contributed by atoms with van der Waals surface area (Å²) in [5.74, 6) is 0.820. The number of fused-ring (bicyclic) bond motifs is 1. The first kappa shape index (κ1) is 13.6. The van der Waals surface area contributed by atoms with Gasteiger partial charge in [0.15, 0.2) is 0 Å². The van der Waals surface area contributed by atoms with Crippen LogP contribution in [0.2, 0.25) is 0 Å². The summed E-state index contributed by atoms with van der Waals surface area (Å²) in [5.41, 5.74) is 0. The fourth-order valence-corrected chi connectivity index (χ4v) is 3.63. The monoisotopic (exact) mass is 291 g/mol. The Morgan fingerprint density at radius 2 is 2.30 bits per heavy atom. The topological polar surface area (TPSA) is 21.3 Å². The molecule has 1 aliphatic rings. The van der Waals surface area contributed by atoms with E-state index in [-0.39, 0.29) is 11.9 Å². The molecule has 1 aromatic carbocycles. The molecule has 0 spiro atoms. The molecule has 2 heterocycles. The molecule has 1 unspecified atom stereocenters. The molecule has 2 nitrogen and oxygen atoms in total. The van der Waals surface area contributed by atoms with Gasteiger partial charge in [0.1, 0.15) is 11.6 Å². The van der Waals surface area contributed by atoms with Crippen LogP contribution in [0.1, 0.15) is 30.7 Å². The van der Waals surface area contributed by atoms with Crippen molar-refractivity contribution in [2.45, 2.75) is 25.8 Å². The van der Waals surface area contributed by atoms with Gasteiger partial charge in [0.05, 0.1) is 12.6 Å². The number of hydrogen-bond acceptors (Lipinski definition) is 3. The number of nitrogens with one attached hydrogen (secondary N) is 1. The molecule has 2 aromatic rings. The van der Waals surface area contributed by atoms with Gasteiger partial charge < -0.3 is 10.1 Å². The number of benzene rings is 1. The maximum atomic E-state index is 13.3. The van der Waals surface area contributed by atoms with Crippen molar-refractivity contribution in [1.82, 2.24) is 5.32 Å². The molecule has 3 rings (SSSR count). The van der Waals surface area contributed by atoms with Crippen LogP contribution in [0.5, 0.6) is 0 Å². The van der Waals surface area contributed by atoms with Crippen LogP contribution in [0, 0.1) is 5.82 Å². The third-order valence-electron chi connectivity index (χ3n) is 3.44. The van der Waals surface area contributed by atoms with Gasteiger partial charge in [-0.3, -0.25) is 0 Å². The van der Waals surface area contributed by atoms with Gasteiger partial charge in [-0.15, -0.1) is 11.3 Å². The van der Waals surface area contributed by atoms with E-state index in [4.69, 9.17) is 4.74 Å². The van der Waals surface area contributed by atoms with Crippen LogP contribution in [0.25, 0.3) is 10.1 Å². The summed E-state index contributed by atoms with van der Waals surface area (Å²) < 4.78 is 20.2. The number of rotatable bonds is 4. The Balaban J connectivity index is 1.98. The Labute approximate surface area is 122 Å². The van der Waals surface area contributed by atoms with Crippen LogP contribution in [0.4, 0.5) is 4.39 Å². The lowest BCUT2D eigenvalue weighted by atomic mass is 10.1. The molecule has 1 N–H and O–H groups in total. The van der Waals surface area contributed by atoms with E-state index in [1.54, 1.807) is 17.4 Å². The molecule has 0 amide bonds. The van der Waals surface area contributed by atoms with Crippen molar-refractivity contribution in [1.29, 1.82) is 0 Å². The molecule has 1 aromatic heterocycles. The SMILES string of the molecule is CCNC(C1=CCCCO1)c1cc2cc(F)ccc2s1. The van der Waals surface area contributed by atoms with Gasteiger partial charge in [-0.1, -0.05) is 6.92 Å². The highest BCUT2D eigenvalue weighted by Gasteiger charge is 2.21. The summed E-state index contributed by atoms with van der Waals surface area (Å²) >= 11 is 1.70. The van der Waals surface area contributed by atoms with E-state index in [0.717, 1.165) is 41.8 Å². The van der Waals surface area contributed by atoms with E-state index in [9.17, 15) is 4.39 Å². The lowest BCUT2D eigenvalue weighted by Gasteiger charge is -2.23. The van der Waals surface area contributed by atoms with Gasteiger partial charge in [-0.2, -0.15) is 0 Å². The molecule has 0 saturated carbocycles. The molecule has 0 aliphatic carbocycles. The molecular weight excluding hydrogens is 273 g/mol. The maximum Gasteiger partial charge on any atom is 0.123 e. The fourth-order valence-electron chi connectivity index (χ4n) is 2.50. The number of ether oxygens (including phenoxy) is 1. The third kappa shape index (κ3) is 2.72. The summed E-state index contributed by atoms with van der Waals surface area (Å²) in [7, 11) is 0. The number of allylic oxidation sites excluding steroid dienone is 1. The Hall–Kier alpha value is -1.39. The summed E-state index contributed by atoms with van der Waals surface area (Å²) in [4.78, 5) is 1.18. The Morgan fingerprint density at radius 3 is 3.05 bits per heavy atom. The Kier molecular flexibility index (Phi) is 4.03. The summed E-state index contributed by atoms with van der Waals surface area (Å²) in [6, 6.07) is 7.10. The van der Waals surface area contributed by atoms with Crippen molar-refractivity contribution >= 4 is 21.4 Å². The number of thiophene rings is 1. The average Bonchev–Trinajstić information content (AvgIpc) is 2.88. The summed E-state index contributed by atoms with van der Waals surface area (Å²) in [5, 5.41) is 4.43. The normalized spacial score (nSPS) is 16.8. The van der Waals surface area contributed by atoms with Crippen LogP contribution in [-0.2, 0) is 4.74 Å². The number of likely N-dealkylation sites (N-methyl/N-ethyl adjacent to an activating group) is 1. The fraction of sp³-hybridized carbons (Fsp3) is 0.375. The Morgan fingerprint density at radius 1 is 1.40 bits per heavy atom. The predicted octanol–water partition coefficient (Wildman–Crippen LogP) is 4.39. The van der Waals surface area contributed by atoms with Gasteiger partial charge in [-0.05, 0) is 55.1 Å². The second-order valence-corrected chi connectivity index (χ2v) is 6.03. The molecular formula is C16H18FNOS. The average molecular weight is 291 g/mol. The van der Waals surface area contributed by atoms with Crippen LogP contribution in [-0.4, -0.2) is 13.2 Å². The molecule has 0 fully saturated rings. The van der Waals surface area contributed by atoms with Crippen molar-refractivity contribution in [3.8, 4) is 0 Å². The minimum atomic E-state index is -0.185. The summed E-state index contributed by atoms with van der Waals surface area (Å²) in [6.07, 6.45) is 4.32. The van der Waals surface area contributed by atoms with Crippen LogP contribution < -0.4 is 5.32 Å². The van der Waals surface area contributed by atoms with E-state index < -0.39 is 0 Å². The number of halogens is 1. The van der Waals surface area contributed by atoms with Crippen molar-refractivity contribution in [2.24, 2.45) is 0 Å². The maximum absolute atomic E-state index is 13.3. The van der Waals surface area contributed by atoms with Gasteiger partial charge in [-0.25, -0.2) is 4.39 Å². The molecule has 0 saturated heterocycles. The zero-order valence-corrected chi connectivity index (χ0v) is 12.3. The standard InChI is InChI=1S/C16H18FNOS/c1-2-18-16(13-5-3-4-8-19-13)15-10-11-9-12(17)6-7-14(11)20-15/h5-7,9-10,16,18H,2-4,8H2,1H3. The molecule has 0 bridgehead atoms. The second kappa shape index (κ2) is 5.94. The molecule has 106 valence electrons. The van der Waals surface area contributed by atoms with Crippen molar-refractivity contribution in [2.75, 3.05) is 13.2 Å². The zero-order valence-electron chi connectivity index (χ0n) is 11.5. The smallest absolute Gasteiger partial charge is 0.123 e. The highest BCUT2D eigenvalue weighted by atomic mass is 32.1. The largest absolute Gasteiger partial charge is 0.496 e. The van der Waals surface area contributed by atoms with Gasteiger partial charge >= 0.3 is 0 Å². The zero-order chi connectivity index (χ0) is 13.9. The minimum Gasteiger partial charge on any atom is -0.496 e. The molecule has 1 aliphatic heterocycles. The van der Waals surface area contributed by atoms with Gasteiger partial charge in [0.2, 0.25) is 0 Å². The van der Waals surface area contributed by atoms with Crippen molar-refractivity contribution in [3.05, 3.63) is 46.8 Å². The molecule has 20 heavy (non-hydrogen) atoms. The number of hydrogen-bond donors (Lipinski definition) is 1. The quantitative estimate of drug-likeness (QED) is 0.902. The van der Waals surface area contributed by atoms with Crippen LogP contribution in [0.3, 0.4) is 0 Å².